The van der Waals surface area contributed by atoms with Crippen LogP contribution in [0.3, 0.4) is 0 Å². The molecular formula is C14H13BrN2O. The Kier molecular flexibility index (Phi) is 3.77. The number of rotatable bonds is 2. The number of benzene rings is 1. The van der Waals surface area contributed by atoms with Crippen molar-refractivity contribution < 1.29 is 4.79 Å². The summed E-state index contributed by atoms with van der Waals surface area (Å²) in [5, 5.41) is 2.88. The van der Waals surface area contributed by atoms with Gasteiger partial charge in [0.2, 0.25) is 0 Å². The zero-order valence-electron chi connectivity index (χ0n) is 10.2. The molecule has 0 saturated heterocycles. The van der Waals surface area contributed by atoms with Gasteiger partial charge in [0.25, 0.3) is 5.91 Å². The van der Waals surface area contributed by atoms with E-state index in [1.54, 1.807) is 18.5 Å². The fraction of sp³-hybridized carbons (Fsp3) is 0.143. The smallest absolute Gasteiger partial charge is 0.256 e. The van der Waals surface area contributed by atoms with E-state index < -0.39 is 0 Å². The van der Waals surface area contributed by atoms with Crippen LogP contribution >= 0.6 is 15.9 Å². The van der Waals surface area contributed by atoms with Crippen molar-refractivity contribution in [1.82, 2.24) is 4.98 Å². The fourth-order valence-electron chi connectivity index (χ4n) is 1.61. The summed E-state index contributed by atoms with van der Waals surface area (Å²) in [4.78, 5) is 16.1. The molecule has 2 aromatic rings. The highest BCUT2D eigenvalue weighted by atomic mass is 79.9. The Labute approximate surface area is 114 Å². The number of nitrogens with zero attached hydrogens (tertiary/aromatic N) is 1. The summed E-state index contributed by atoms with van der Waals surface area (Å²) >= 11 is 3.41. The molecule has 18 heavy (non-hydrogen) atoms. The van der Waals surface area contributed by atoms with E-state index >= 15 is 0 Å². The molecule has 0 aliphatic rings. The van der Waals surface area contributed by atoms with Gasteiger partial charge in [-0.05, 0) is 59.1 Å². The predicted molar refractivity (Wildman–Crippen MR) is 75.8 cm³/mol. The Morgan fingerprint density at radius 1 is 1.28 bits per heavy atom. The number of nitrogens with one attached hydrogen (secondary N) is 1. The van der Waals surface area contributed by atoms with Crippen molar-refractivity contribution in [3.8, 4) is 0 Å². The number of hydrogen-bond donors (Lipinski definition) is 1. The van der Waals surface area contributed by atoms with Crippen LogP contribution < -0.4 is 5.32 Å². The van der Waals surface area contributed by atoms with Gasteiger partial charge >= 0.3 is 0 Å². The summed E-state index contributed by atoms with van der Waals surface area (Å²) in [5.41, 5.74) is 3.45. The molecule has 0 aliphatic heterocycles. The molecule has 1 N–H and O–H groups in total. The highest BCUT2D eigenvalue weighted by Crippen LogP contribution is 2.20. The minimum atomic E-state index is -0.129. The van der Waals surface area contributed by atoms with Gasteiger partial charge in [-0.1, -0.05) is 6.07 Å². The lowest BCUT2D eigenvalue weighted by atomic mass is 10.1. The Hall–Kier alpha value is -1.68. The average molecular weight is 305 g/mol. The largest absolute Gasteiger partial charge is 0.322 e. The van der Waals surface area contributed by atoms with Crippen LogP contribution in [0, 0.1) is 13.8 Å². The molecule has 0 saturated carbocycles. The van der Waals surface area contributed by atoms with Gasteiger partial charge in [0.05, 0.1) is 5.56 Å². The Balaban J connectivity index is 2.25. The van der Waals surface area contributed by atoms with E-state index in [0.29, 0.717) is 5.56 Å². The number of pyridine rings is 1. The van der Waals surface area contributed by atoms with E-state index in [9.17, 15) is 4.79 Å². The lowest BCUT2D eigenvalue weighted by Gasteiger charge is -2.09. The van der Waals surface area contributed by atoms with Crippen LogP contribution in [-0.2, 0) is 0 Å². The topological polar surface area (TPSA) is 42.0 Å². The zero-order valence-corrected chi connectivity index (χ0v) is 11.8. The molecule has 92 valence electrons. The van der Waals surface area contributed by atoms with E-state index in [1.165, 1.54) is 0 Å². The molecule has 3 nitrogen and oxygen atoms in total. The second kappa shape index (κ2) is 5.31. The van der Waals surface area contributed by atoms with Crippen molar-refractivity contribution in [2.24, 2.45) is 0 Å². The summed E-state index contributed by atoms with van der Waals surface area (Å²) < 4.78 is 0.798. The number of anilines is 1. The molecule has 1 aromatic carbocycles. The SMILES string of the molecule is Cc1ccc(C(=O)Nc2ccncc2C)c(Br)c1. The van der Waals surface area contributed by atoms with Gasteiger partial charge in [0.1, 0.15) is 0 Å². The average Bonchev–Trinajstić information content (AvgIpc) is 2.32. The first-order valence-electron chi connectivity index (χ1n) is 5.56. The van der Waals surface area contributed by atoms with Crippen LogP contribution in [0.1, 0.15) is 21.5 Å². The summed E-state index contributed by atoms with van der Waals surface area (Å²) in [6.45, 7) is 3.90. The van der Waals surface area contributed by atoms with Crippen molar-refractivity contribution in [2.75, 3.05) is 5.32 Å². The zero-order chi connectivity index (χ0) is 13.1. The third kappa shape index (κ3) is 2.76. The number of aryl methyl sites for hydroxylation is 2. The first-order chi connectivity index (χ1) is 8.58. The van der Waals surface area contributed by atoms with Gasteiger partial charge < -0.3 is 5.32 Å². The maximum atomic E-state index is 12.1. The molecule has 0 spiro atoms. The van der Waals surface area contributed by atoms with Crippen LogP contribution in [0.2, 0.25) is 0 Å². The summed E-state index contributed by atoms with van der Waals surface area (Å²) in [6.07, 6.45) is 3.38. The molecule has 0 atom stereocenters. The number of hydrogen-bond acceptors (Lipinski definition) is 2. The first-order valence-corrected chi connectivity index (χ1v) is 6.35. The van der Waals surface area contributed by atoms with Crippen molar-refractivity contribution in [3.05, 3.63) is 57.8 Å². The van der Waals surface area contributed by atoms with Gasteiger partial charge in [-0.3, -0.25) is 9.78 Å². The summed E-state index contributed by atoms with van der Waals surface area (Å²) in [7, 11) is 0. The lowest BCUT2D eigenvalue weighted by molar-refractivity contribution is 0.102. The molecule has 0 fully saturated rings. The minimum Gasteiger partial charge on any atom is -0.322 e. The molecule has 1 aromatic heterocycles. The maximum absolute atomic E-state index is 12.1. The number of carbonyl (C=O) groups is 1. The van der Waals surface area contributed by atoms with E-state index in [-0.39, 0.29) is 5.91 Å². The third-order valence-corrected chi connectivity index (χ3v) is 3.29. The number of carbonyl (C=O) groups excluding carboxylic acids is 1. The molecule has 0 unspecified atom stereocenters. The second-order valence-electron chi connectivity index (χ2n) is 4.13. The van der Waals surface area contributed by atoms with E-state index in [0.717, 1.165) is 21.3 Å². The maximum Gasteiger partial charge on any atom is 0.256 e. The van der Waals surface area contributed by atoms with Gasteiger partial charge in [-0.25, -0.2) is 0 Å². The third-order valence-electron chi connectivity index (χ3n) is 2.64. The molecule has 1 amide bonds. The molecule has 1 heterocycles. The second-order valence-corrected chi connectivity index (χ2v) is 4.98. The van der Waals surface area contributed by atoms with Gasteiger partial charge in [-0.15, -0.1) is 0 Å². The highest BCUT2D eigenvalue weighted by Gasteiger charge is 2.11. The van der Waals surface area contributed by atoms with E-state index in [2.05, 4.69) is 26.2 Å². The normalized spacial score (nSPS) is 10.2. The summed E-state index contributed by atoms with van der Waals surface area (Å²) in [5.74, 6) is -0.129. The highest BCUT2D eigenvalue weighted by molar-refractivity contribution is 9.10. The van der Waals surface area contributed by atoms with Crippen LogP contribution in [0.5, 0.6) is 0 Å². The van der Waals surface area contributed by atoms with Gasteiger partial charge in [-0.2, -0.15) is 0 Å². The molecular weight excluding hydrogens is 292 g/mol. The van der Waals surface area contributed by atoms with E-state index in [1.807, 2.05) is 32.0 Å². The first kappa shape index (κ1) is 12.8. The molecule has 4 heteroatoms. The number of amides is 1. The quantitative estimate of drug-likeness (QED) is 0.919. The van der Waals surface area contributed by atoms with Crippen molar-refractivity contribution >= 4 is 27.5 Å². The van der Waals surface area contributed by atoms with Crippen molar-refractivity contribution in [1.29, 1.82) is 0 Å². The molecule has 2 rings (SSSR count). The van der Waals surface area contributed by atoms with Crippen LogP contribution in [0.25, 0.3) is 0 Å². The van der Waals surface area contributed by atoms with E-state index in [4.69, 9.17) is 0 Å². The monoisotopic (exact) mass is 304 g/mol. The standard InChI is InChI=1S/C14H13BrN2O/c1-9-3-4-11(12(15)7-9)14(18)17-13-5-6-16-8-10(13)2/h3-8H,1-2H3,(H,16,17,18). The lowest BCUT2D eigenvalue weighted by Crippen LogP contribution is -2.13. The fourth-order valence-corrected chi connectivity index (χ4v) is 2.28. The predicted octanol–water partition coefficient (Wildman–Crippen LogP) is 3.71. The van der Waals surface area contributed by atoms with Crippen LogP contribution in [0.15, 0.2) is 41.1 Å². The summed E-state index contributed by atoms with van der Waals surface area (Å²) in [6, 6.07) is 7.44. The Bertz CT molecular complexity index is 596. The van der Waals surface area contributed by atoms with Gasteiger partial charge in [0.15, 0.2) is 0 Å². The number of halogens is 1. The van der Waals surface area contributed by atoms with Crippen LogP contribution in [0.4, 0.5) is 5.69 Å². The van der Waals surface area contributed by atoms with Crippen LogP contribution in [-0.4, -0.2) is 10.9 Å². The minimum absolute atomic E-state index is 0.129. The van der Waals surface area contributed by atoms with Gasteiger partial charge in [0, 0.05) is 22.6 Å². The molecule has 0 radical (unpaired) electrons. The Morgan fingerprint density at radius 3 is 2.72 bits per heavy atom. The number of aromatic nitrogens is 1. The molecule has 0 bridgehead atoms. The molecule has 0 aliphatic carbocycles. The van der Waals surface area contributed by atoms with Crippen molar-refractivity contribution in [3.63, 3.8) is 0 Å². The Morgan fingerprint density at radius 2 is 2.06 bits per heavy atom. The van der Waals surface area contributed by atoms with Crippen molar-refractivity contribution in [2.45, 2.75) is 13.8 Å².